The zero-order valence-electron chi connectivity index (χ0n) is 17.5. The average molecular weight is 463 g/mol. The number of amides is 3. The van der Waals surface area contributed by atoms with Crippen molar-refractivity contribution in [3.8, 4) is 0 Å². The third-order valence-electron chi connectivity index (χ3n) is 6.39. The molecule has 0 bridgehead atoms. The fourth-order valence-electron chi connectivity index (χ4n) is 4.69. The summed E-state index contributed by atoms with van der Waals surface area (Å²) in [4.78, 5) is 26.1. The van der Waals surface area contributed by atoms with Gasteiger partial charge in [-0.2, -0.15) is 5.10 Å². The summed E-state index contributed by atoms with van der Waals surface area (Å²) in [5.74, 6) is -0.384. The molecule has 2 fully saturated rings. The zero-order chi connectivity index (χ0) is 22.8. The Kier molecular flexibility index (Phi) is 4.57. The number of urea groups is 1. The van der Waals surface area contributed by atoms with Crippen molar-refractivity contribution >= 4 is 33.5 Å². The van der Waals surface area contributed by atoms with Gasteiger partial charge in [0.1, 0.15) is 5.54 Å². The zero-order valence-corrected chi connectivity index (χ0v) is 18.3. The molecule has 2 aliphatic heterocycles. The minimum atomic E-state index is -3.65. The van der Waals surface area contributed by atoms with Crippen molar-refractivity contribution in [1.29, 1.82) is 0 Å². The standard InChI is InChI=1S/C20H23FN6O4S/c1-20(2)18(28)27(19(29)24-20)11-4-3-10(7-11)14-8-16(26-25-14)23-13-5-6-15-12(17(13)21)9-22-32(15,30)31/h5-6,8,10-11,22H,3-4,7,9H2,1-2H3,(H,24,29)(H2,23,25,26). The Hall–Kier alpha value is -2.99. The van der Waals surface area contributed by atoms with Crippen LogP contribution < -0.4 is 15.4 Å². The quantitative estimate of drug-likeness (QED) is 0.514. The molecule has 5 rings (SSSR count). The van der Waals surface area contributed by atoms with Gasteiger partial charge in [0.2, 0.25) is 10.0 Å². The highest BCUT2D eigenvalue weighted by atomic mass is 32.2. The number of rotatable bonds is 4. The summed E-state index contributed by atoms with van der Waals surface area (Å²) in [7, 11) is -3.65. The first kappa shape index (κ1) is 20.9. The number of sulfonamides is 1. The first-order valence-corrected chi connectivity index (χ1v) is 11.8. The fraction of sp³-hybridized carbons (Fsp3) is 0.450. The van der Waals surface area contributed by atoms with Crippen molar-refractivity contribution in [1.82, 2.24) is 25.1 Å². The molecule has 1 aliphatic carbocycles. The fourth-order valence-corrected chi connectivity index (χ4v) is 5.91. The van der Waals surface area contributed by atoms with Gasteiger partial charge in [-0.25, -0.2) is 22.3 Å². The predicted molar refractivity (Wildman–Crippen MR) is 112 cm³/mol. The van der Waals surface area contributed by atoms with Crippen LogP contribution in [0.15, 0.2) is 23.1 Å². The molecular weight excluding hydrogens is 439 g/mol. The SMILES string of the molecule is CC1(C)NC(=O)N(C2CCC(c3cc(Nc4ccc5c(c4F)CNS5(=O)=O)n[nH]3)C2)C1=O. The highest BCUT2D eigenvalue weighted by Gasteiger charge is 2.48. The number of carbonyl (C=O) groups excluding carboxylic acids is 2. The van der Waals surface area contributed by atoms with Gasteiger partial charge in [-0.05, 0) is 45.2 Å². The maximum absolute atomic E-state index is 14.8. The van der Waals surface area contributed by atoms with Crippen molar-refractivity contribution in [2.24, 2.45) is 0 Å². The summed E-state index contributed by atoms with van der Waals surface area (Å²) < 4.78 is 40.8. The third kappa shape index (κ3) is 3.25. The molecule has 1 saturated carbocycles. The first-order valence-electron chi connectivity index (χ1n) is 10.4. The number of imide groups is 1. The minimum absolute atomic E-state index is 0.0519. The lowest BCUT2D eigenvalue weighted by Crippen LogP contribution is -2.42. The van der Waals surface area contributed by atoms with Crippen LogP contribution in [0.2, 0.25) is 0 Å². The van der Waals surface area contributed by atoms with Crippen LogP contribution in [0.5, 0.6) is 0 Å². The van der Waals surface area contributed by atoms with Gasteiger partial charge in [0.25, 0.3) is 5.91 Å². The first-order chi connectivity index (χ1) is 15.1. The number of hydrogen-bond acceptors (Lipinski definition) is 6. The van der Waals surface area contributed by atoms with Crippen molar-refractivity contribution in [2.45, 2.75) is 62.0 Å². The molecule has 4 N–H and O–H groups in total. The van der Waals surface area contributed by atoms with Gasteiger partial charge in [0.15, 0.2) is 11.6 Å². The Morgan fingerprint density at radius 3 is 2.75 bits per heavy atom. The van der Waals surface area contributed by atoms with E-state index in [2.05, 4.69) is 25.6 Å². The van der Waals surface area contributed by atoms with Gasteiger partial charge in [0, 0.05) is 35.8 Å². The van der Waals surface area contributed by atoms with Gasteiger partial charge in [-0.15, -0.1) is 0 Å². The monoisotopic (exact) mass is 462 g/mol. The van der Waals surface area contributed by atoms with Gasteiger partial charge >= 0.3 is 6.03 Å². The minimum Gasteiger partial charge on any atom is -0.336 e. The number of nitrogens with zero attached hydrogens (tertiary/aromatic N) is 2. The number of H-pyrrole nitrogens is 1. The molecule has 2 aromatic rings. The van der Waals surface area contributed by atoms with Crippen LogP contribution in [0.3, 0.4) is 0 Å². The molecule has 1 saturated heterocycles. The third-order valence-corrected chi connectivity index (χ3v) is 7.88. The lowest BCUT2D eigenvalue weighted by atomic mass is 10.0. The summed E-state index contributed by atoms with van der Waals surface area (Å²) in [5.41, 5.74) is 0.161. The molecule has 170 valence electrons. The van der Waals surface area contributed by atoms with Crippen LogP contribution in [0, 0.1) is 5.82 Å². The number of anilines is 2. The number of carbonyl (C=O) groups is 2. The van der Waals surface area contributed by atoms with Crippen molar-refractivity contribution < 1.29 is 22.4 Å². The van der Waals surface area contributed by atoms with Crippen LogP contribution in [0.4, 0.5) is 20.7 Å². The predicted octanol–water partition coefficient (Wildman–Crippen LogP) is 2.05. The second kappa shape index (κ2) is 7.01. The molecular formula is C20H23FN6O4S. The van der Waals surface area contributed by atoms with E-state index in [1.165, 1.54) is 17.0 Å². The number of fused-ring (bicyclic) bond motifs is 1. The van der Waals surface area contributed by atoms with Crippen molar-refractivity contribution in [3.63, 3.8) is 0 Å². The number of halogens is 1. The average Bonchev–Trinajstić information content (AvgIpc) is 3.46. The molecule has 1 aromatic heterocycles. The van der Waals surface area contributed by atoms with Crippen LogP contribution in [0.1, 0.15) is 50.3 Å². The van der Waals surface area contributed by atoms with Gasteiger partial charge in [-0.1, -0.05) is 0 Å². The summed E-state index contributed by atoms with van der Waals surface area (Å²) in [6, 6.07) is 3.96. The second-order valence-electron chi connectivity index (χ2n) is 8.96. The van der Waals surface area contributed by atoms with E-state index in [0.717, 1.165) is 12.1 Å². The van der Waals surface area contributed by atoms with E-state index in [9.17, 15) is 22.4 Å². The lowest BCUT2D eigenvalue weighted by Gasteiger charge is -2.22. The highest BCUT2D eigenvalue weighted by molar-refractivity contribution is 7.89. The van der Waals surface area contributed by atoms with Crippen LogP contribution >= 0.6 is 0 Å². The number of aromatic amines is 1. The van der Waals surface area contributed by atoms with Crippen LogP contribution in [-0.2, 0) is 21.4 Å². The molecule has 0 radical (unpaired) electrons. The Morgan fingerprint density at radius 1 is 1.25 bits per heavy atom. The van der Waals surface area contributed by atoms with Crippen molar-refractivity contribution in [3.05, 3.63) is 35.3 Å². The Bertz CT molecular complexity index is 1240. The van der Waals surface area contributed by atoms with Crippen LogP contribution in [-0.4, -0.2) is 47.0 Å². The lowest BCUT2D eigenvalue weighted by molar-refractivity contribution is -0.131. The smallest absolute Gasteiger partial charge is 0.325 e. The molecule has 2 atom stereocenters. The Morgan fingerprint density at radius 2 is 2.03 bits per heavy atom. The van der Waals surface area contributed by atoms with Gasteiger partial charge in [0.05, 0.1) is 10.6 Å². The molecule has 12 heteroatoms. The molecule has 10 nitrogen and oxygen atoms in total. The Labute approximate surface area is 184 Å². The summed E-state index contributed by atoms with van der Waals surface area (Å²) in [5, 5.41) is 12.8. The van der Waals surface area contributed by atoms with E-state index in [4.69, 9.17) is 0 Å². The van der Waals surface area contributed by atoms with Gasteiger partial charge in [-0.3, -0.25) is 14.8 Å². The molecule has 2 unspecified atom stereocenters. The molecule has 3 amide bonds. The molecule has 1 aromatic carbocycles. The number of hydrogen-bond donors (Lipinski definition) is 4. The summed E-state index contributed by atoms with van der Waals surface area (Å²) in [6.07, 6.45) is 2.09. The number of aromatic nitrogens is 2. The molecule has 3 heterocycles. The molecule has 0 spiro atoms. The summed E-state index contributed by atoms with van der Waals surface area (Å²) in [6.45, 7) is 3.29. The number of benzene rings is 1. The largest absolute Gasteiger partial charge is 0.336 e. The maximum Gasteiger partial charge on any atom is 0.325 e. The van der Waals surface area contributed by atoms with E-state index in [1.807, 2.05) is 0 Å². The summed E-state index contributed by atoms with van der Waals surface area (Å²) >= 11 is 0. The van der Waals surface area contributed by atoms with E-state index < -0.39 is 21.4 Å². The van der Waals surface area contributed by atoms with E-state index in [-0.39, 0.29) is 46.6 Å². The molecule has 32 heavy (non-hydrogen) atoms. The van der Waals surface area contributed by atoms with E-state index in [0.29, 0.717) is 18.7 Å². The number of nitrogens with one attached hydrogen (secondary N) is 4. The normalized spacial score (nSPS) is 25.8. The maximum atomic E-state index is 14.8. The van der Waals surface area contributed by atoms with Crippen LogP contribution in [0.25, 0.3) is 0 Å². The van der Waals surface area contributed by atoms with Gasteiger partial charge < -0.3 is 10.6 Å². The highest BCUT2D eigenvalue weighted by Crippen LogP contribution is 2.39. The van der Waals surface area contributed by atoms with E-state index in [1.54, 1.807) is 19.9 Å². The Balaban J connectivity index is 1.30. The topological polar surface area (TPSA) is 136 Å². The van der Waals surface area contributed by atoms with Crippen molar-refractivity contribution in [2.75, 3.05) is 5.32 Å². The second-order valence-corrected chi connectivity index (χ2v) is 10.7. The molecule has 3 aliphatic rings. The van der Waals surface area contributed by atoms with E-state index >= 15 is 0 Å².